The van der Waals surface area contributed by atoms with Crippen molar-refractivity contribution in [3.8, 4) is 12.1 Å². The summed E-state index contributed by atoms with van der Waals surface area (Å²) in [5.74, 6) is 0.594. The molecule has 1 aliphatic carbocycles. The topological polar surface area (TPSA) is 118 Å². The quantitative estimate of drug-likeness (QED) is 0.508. The third kappa shape index (κ3) is 3.27. The highest BCUT2D eigenvalue weighted by molar-refractivity contribution is 6.04. The molecule has 5 rings (SSSR count). The first-order valence-corrected chi connectivity index (χ1v) is 10.3. The lowest BCUT2D eigenvalue weighted by atomic mass is 9.64. The number of amides is 1. The van der Waals surface area contributed by atoms with Crippen molar-refractivity contribution in [1.29, 1.82) is 10.5 Å². The second kappa shape index (κ2) is 7.64. The highest BCUT2D eigenvalue weighted by Crippen LogP contribution is 2.48. The van der Waals surface area contributed by atoms with Gasteiger partial charge in [0.05, 0.1) is 28.1 Å². The van der Waals surface area contributed by atoms with Gasteiger partial charge in [-0.1, -0.05) is 24.6 Å². The van der Waals surface area contributed by atoms with E-state index in [-0.39, 0.29) is 11.3 Å². The molecule has 7 heteroatoms. The van der Waals surface area contributed by atoms with E-state index in [1.165, 1.54) is 6.20 Å². The molecule has 0 atom stereocenters. The van der Waals surface area contributed by atoms with Gasteiger partial charge >= 0.3 is 0 Å². The zero-order valence-corrected chi connectivity index (χ0v) is 17.1. The Kier molecular flexibility index (Phi) is 4.65. The summed E-state index contributed by atoms with van der Waals surface area (Å²) in [7, 11) is 0. The molecule has 154 valence electrons. The standard InChI is InChI=1S/C25H18N6O/c26-13-16-3-1-4-18(11-16)23(32)29-20-7-5-19(6-8-20)25(9-2-10-25)24-30-21-12-17(14-27)15-28-22(21)31-24/h1,3-8,11-12,15H,2,9-10H2,(H,29,32)(H,28,30,31). The third-order valence-electron chi connectivity index (χ3n) is 6.08. The Bertz CT molecular complexity index is 1420. The highest BCUT2D eigenvalue weighted by Gasteiger charge is 2.43. The lowest BCUT2D eigenvalue weighted by molar-refractivity contribution is 0.102. The molecule has 2 aromatic heterocycles. The number of rotatable bonds is 4. The van der Waals surface area contributed by atoms with Crippen LogP contribution in [0.15, 0.2) is 60.8 Å². The summed E-state index contributed by atoms with van der Waals surface area (Å²) >= 11 is 0. The van der Waals surface area contributed by atoms with Crippen molar-refractivity contribution < 1.29 is 4.79 Å². The molecule has 0 radical (unpaired) electrons. The van der Waals surface area contributed by atoms with Crippen molar-refractivity contribution in [2.24, 2.45) is 0 Å². The molecule has 0 bridgehead atoms. The van der Waals surface area contributed by atoms with Gasteiger partial charge in [-0.05, 0) is 54.8 Å². The minimum Gasteiger partial charge on any atom is -0.340 e. The molecule has 1 amide bonds. The zero-order chi connectivity index (χ0) is 22.1. The first-order chi connectivity index (χ1) is 15.6. The molecule has 1 saturated carbocycles. The van der Waals surface area contributed by atoms with Gasteiger partial charge < -0.3 is 10.3 Å². The number of carbonyl (C=O) groups is 1. The lowest BCUT2D eigenvalue weighted by Gasteiger charge is -2.40. The van der Waals surface area contributed by atoms with Crippen molar-refractivity contribution >= 4 is 22.8 Å². The van der Waals surface area contributed by atoms with E-state index >= 15 is 0 Å². The van der Waals surface area contributed by atoms with Crippen LogP contribution >= 0.6 is 0 Å². The van der Waals surface area contributed by atoms with Crippen LogP contribution in [-0.4, -0.2) is 20.9 Å². The predicted molar refractivity (Wildman–Crippen MR) is 119 cm³/mol. The Balaban J connectivity index is 1.40. The zero-order valence-electron chi connectivity index (χ0n) is 17.1. The van der Waals surface area contributed by atoms with E-state index in [9.17, 15) is 4.79 Å². The Morgan fingerprint density at radius 3 is 2.50 bits per heavy atom. The number of carbonyl (C=O) groups excluding carboxylic acids is 1. The minimum atomic E-state index is -0.259. The monoisotopic (exact) mass is 418 g/mol. The van der Waals surface area contributed by atoms with Gasteiger partial charge in [-0.25, -0.2) is 9.97 Å². The number of imidazole rings is 1. The van der Waals surface area contributed by atoms with Gasteiger partial charge in [-0.2, -0.15) is 10.5 Å². The van der Waals surface area contributed by atoms with Gasteiger partial charge in [0.1, 0.15) is 11.9 Å². The molecule has 32 heavy (non-hydrogen) atoms. The summed E-state index contributed by atoms with van der Waals surface area (Å²) in [5, 5.41) is 21.0. The molecule has 7 nitrogen and oxygen atoms in total. The smallest absolute Gasteiger partial charge is 0.255 e. The predicted octanol–water partition coefficient (Wildman–Crippen LogP) is 4.42. The van der Waals surface area contributed by atoms with E-state index in [1.807, 2.05) is 30.3 Å². The number of hydrogen-bond donors (Lipinski definition) is 2. The molecular weight excluding hydrogens is 400 g/mol. The summed E-state index contributed by atoms with van der Waals surface area (Å²) < 4.78 is 0. The number of benzene rings is 2. The van der Waals surface area contributed by atoms with Gasteiger partial charge in [0.25, 0.3) is 5.91 Å². The van der Waals surface area contributed by atoms with E-state index in [0.29, 0.717) is 28.0 Å². The van der Waals surface area contributed by atoms with Crippen LogP contribution in [0.2, 0.25) is 0 Å². The first-order valence-electron chi connectivity index (χ1n) is 10.3. The van der Waals surface area contributed by atoms with Crippen molar-refractivity contribution in [3.05, 3.63) is 88.9 Å². The van der Waals surface area contributed by atoms with Crippen LogP contribution in [0.3, 0.4) is 0 Å². The Hall–Kier alpha value is -4.49. The van der Waals surface area contributed by atoms with Crippen LogP contribution in [0.1, 0.15) is 52.1 Å². The Morgan fingerprint density at radius 2 is 1.81 bits per heavy atom. The van der Waals surface area contributed by atoms with E-state index in [1.54, 1.807) is 30.3 Å². The number of H-pyrrole nitrogens is 1. The number of nitrogens with zero attached hydrogens (tertiary/aromatic N) is 4. The fourth-order valence-corrected chi connectivity index (χ4v) is 4.19. The van der Waals surface area contributed by atoms with Crippen LogP contribution in [0.4, 0.5) is 5.69 Å². The number of pyridine rings is 1. The van der Waals surface area contributed by atoms with Gasteiger partial charge in [-0.3, -0.25) is 4.79 Å². The van der Waals surface area contributed by atoms with Crippen molar-refractivity contribution in [1.82, 2.24) is 15.0 Å². The van der Waals surface area contributed by atoms with E-state index in [2.05, 4.69) is 21.4 Å². The number of hydrogen-bond acceptors (Lipinski definition) is 5. The molecule has 4 aromatic rings. The van der Waals surface area contributed by atoms with E-state index in [4.69, 9.17) is 15.5 Å². The maximum atomic E-state index is 12.5. The van der Waals surface area contributed by atoms with Crippen molar-refractivity contribution in [2.75, 3.05) is 5.32 Å². The second-order valence-electron chi connectivity index (χ2n) is 7.95. The molecule has 0 spiro atoms. The molecule has 2 heterocycles. The molecule has 1 fully saturated rings. The summed E-state index contributed by atoms with van der Waals surface area (Å²) in [5.41, 5.74) is 4.32. The average Bonchev–Trinajstić information content (AvgIpc) is 3.22. The molecule has 0 saturated heterocycles. The Morgan fingerprint density at radius 1 is 1.03 bits per heavy atom. The summed E-state index contributed by atoms with van der Waals surface area (Å²) in [6, 6.07) is 20.3. The Labute approximate surface area is 184 Å². The van der Waals surface area contributed by atoms with E-state index < -0.39 is 0 Å². The maximum Gasteiger partial charge on any atom is 0.255 e. The second-order valence-corrected chi connectivity index (χ2v) is 7.95. The van der Waals surface area contributed by atoms with Crippen LogP contribution in [-0.2, 0) is 5.41 Å². The number of nitriles is 2. The first kappa shape index (κ1) is 19.5. The van der Waals surface area contributed by atoms with E-state index in [0.717, 1.165) is 36.2 Å². The molecule has 2 N–H and O–H groups in total. The number of fused-ring (bicyclic) bond motifs is 1. The molecule has 0 aliphatic heterocycles. The van der Waals surface area contributed by atoms with Crippen LogP contribution in [0, 0.1) is 22.7 Å². The van der Waals surface area contributed by atoms with Gasteiger partial charge in [0.2, 0.25) is 0 Å². The van der Waals surface area contributed by atoms with Gasteiger partial charge in [0, 0.05) is 17.4 Å². The normalized spacial score (nSPS) is 14.2. The molecule has 2 aromatic carbocycles. The average molecular weight is 418 g/mol. The molecule has 1 aliphatic rings. The molecular formula is C25H18N6O. The van der Waals surface area contributed by atoms with Gasteiger partial charge in [0.15, 0.2) is 5.65 Å². The number of nitrogens with one attached hydrogen (secondary N) is 2. The maximum absolute atomic E-state index is 12.5. The fraction of sp³-hybridized carbons (Fsp3) is 0.160. The van der Waals surface area contributed by atoms with Gasteiger partial charge in [-0.15, -0.1) is 0 Å². The SMILES string of the molecule is N#Cc1cccc(C(=O)Nc2ccc(C3(c4nc5ncc(C#N)cc5[nH]4)CCC3)cc2)c1. The number of aromatic nitrogens is 3. The number of anilines is 1. The lowest BCUT2D eigenvalue weighted by Crippen LogP contribution is -2.36. The van der Waals surface area contributed by atoms with Crippen LogP contribution in [0.25, 0.3) is 11.2 Å². The summed E-state index contributed by atoms with van der Waals surface area (Å²) in [6.07, 6.45) is 4.56. The van der Waals surface area contributed by atoms with Crippen LogP contribution < -0.4 is 5.32 Å². The van der Waals surface area contributed by atoms with Crippen molar-refractivity contribution in [3.63, 3.8) is 0 Å². The summed E-state index contributed by atoms with van der Waals surface area (Å²) in [4.78, 5) is 24.9. The van der Waals surface area contributed by atoms with Crippen molar-refractivity contribution in [2.45, 2.75) is 24.7 Å². The fourth-order valence-electron chi connectivity index (χ4n) is 4.19. The minimum absolute atomic E-state index is 0.225. The largest absolute Gasteiger partial charge is 0.340 e. The molecule has 0 unspecified atom stereocenters. The number of aromatic amines is 1. The summed E-state index contributed by atoms with van der Waals surface area (Å²) in [6.45, 7) is 0. The van der Waals surface area contributed by atoms with Crippen LogP contribution in [0.5, 0.6) is 0 Å². The third-order valence-corrected chi connectivity index (χ3v) is 6.08. The highest BCUT2D eigenvalue weighted by atomic mass is 16.1.